The number of ether oxygens (including phenoxy) is 1. The largest absolute Gasteiger partial charge is 0.460 e. The maximum Gasteiger partial charge on any atom is 0.331 e. The predicted octanol–water partition coefficient (Wildman–Crippen LogP) is 0.356. The molecule has 1 aromatic rings. The van der Waals surface area contributed by atoms with Crippen LogP contribution in [0, 0.1) is 22.7 Å². The highest BCUT2D eigenvalue weighted by Gasteiger charge is 2.13. The Hall–Kier alpha value is -2.14. The highest BCUT2D eigenvalue weighted by Crippen LogP contribution is 2.01. The molecule has 0 aliphatic rings. The number of hydrogen-bond acceptors (Lipinski definition) is 4. The van der Waals surface area contributed by atoms with Crippen LogP contribution in [0.25, 0.3) is 0 Å². The summed E-state index contributed by atoms with van der Waals surface area (Å²) in [5.41, 5.74) is 0. The van der Waals surface area contributed by atoms with E-state index in [0.29, 0.717) is 12.5 Å². The van der Waals surface area contributed by atoms with Crippen molar-refractivity contribution in [1.29, 1.82) is 10.5 Å². The Morgan fingerprint density at radius 2 is 2.29 bits per heavy atom. The van der Waals surface area contributed by atoms with E-state index in [-0.39, 0.29) is 0 Å². The van der Waals surface area contributed by atoms with Crippen LogP contribution in [0.1, 0.15) is 13.0 Å². The van der Waals surface area contributed by atoms with Gasteiger partial charge in [-0.25, -0.2) is 4.57 Å². The van der Waals surface area contributed by atoms with Crippen LogP contribution in [0.4, 0.5) is 0 Å². The first-order chi connectivity index (χ1) is 6.81. The van der Waals surface area contributed by atoms with Crippen molar-refractivity contribution in [2.45, 2.75) is 13.0 Å². The van der Waals surface area contributed by atoms with Crippen LogP contribution in [-0.4, -0.2) is 11.6 Å². The summed E-state index contributed by atoms with van der Waals surface area (Å²) in [6.07, 6.45) is 3.00. The maximum absolute atomic E-state index is 8.60. The molecule has 14 heavy (non-hydrogen) atoms. The Balaban J connectivity index is 2.84. The number of rotatable bonds is 3. The Kier molecular flexibility index (Phi) is 3.40. The molecular weight excluding hydrogens is 180 g/mol. The topological polar surface area (TPSA) is 73.6 Å². The van der Waals surface area contributed by atoms with Gasteiger partial charge in [0, 0.05) is 0 Å². The van der Waals surface area contributed by atoms with E-state index in [0.717, 1.165) is 0 Å². The lowest BCUT2D eigenvalue weighted by Crippen LogP contribution is -2.37. The Bertz CT molecular complexity index is 359. The number of aromatic nitrogens is 2. The van der Waals surface area contributed by atoms with Crippen molar-refractivity contribution < 1.29 is 9.30 Å². The van der Waals surface area contributed by atoms with Gasteiger partial charge >= 0.3 is 5.88 Å². The first-order valence-electron chi connectivity index (χ1n) is 4.10. The van der Waals surface area contributed by atoms with E-state index in [9.17, 15) is 0 Å². The van der Waals surface area contributed by atoms with E-state index in [2.05, 4.69) is 4.98 Å². The van der Waals surface area contributed by atoms with Crippen LogP contribution in [0.5, 0.6) is 5.88 Å². The monoisotopic (exact) mass is 189 g/mol. The molecule has 0 aliphatic heterocycles. The van der Waals surface area contributed by atoms with Crippen LogP contribution in [0.3, 0.4) is 0 Å². The SMILES string of the molecule is CCOc1cc[n+](C(C#N)C#N)cn1. The Morgan fingerprint density at radius 3 is 2.71 bits per heavy atom. The highest BCUT2D eigenvalue weighted by atomic mass is 16.5. The molecule has 1 aromatic heterocycles. The van der Waals surface area contributed by atoms with Crippen molar-refractivity contribution in [3.05, 3.63) is 18.6 Å². The average molecular weight is 189 g/mol. The minimum Gasteiger partial charge on any atom is -0.460 e. The van der Waals surface area contributed by atoms with Gasteiger partial charge in [-0.2, -0.15) is 10.5 Å². The third-order valence-corrected chi connectivity index (χ3v) is 1.54. The molecule has 0 atom stereocenters. The van der Waals surface area contributed by atoms with Crippen LogP contribution in [0.2, 0.25) is 0 Å². The molecule has 0 N–H and O–H groups in total. The molecule has 1 rings (SSSR count). The van der Waals surface area contributed by atoms with Crippen LogP contribution >= 0.6 is 0 Å². The molecule has 5 nitrogen and oxygen atoms in total. The highest BCUT2D eigenvalue weighted by molar-refractivity contribution is 5.03. The van der Waals surface area contributed by atoms with Gasteiger partial charge in [0.25, 0.3) is 12.4 Å². The van der Waals surface area contributed by atoms with Gasteiger partial charge in [-0.05, 0) is 11.9 Å². The zero-order valence-corrected chi connectivity index (χ0v) is 7.71. The minimum atomic E-state index is -0.835. The Labute approximate surface area is 81.8 Å². The molecule has 0 aromatic carbocycles. The van der Waals surface area contributed by atoms with Gasteiger partial charge in [-0.1, -0.05) is 0 Å². The minimum absolute atomic E-state index is 0.485. The standard InChI is InChI=1S/C9H9N4O/c1-2-14-9-3-4-13(7-12-9)8(5-10)6-11/h3-4,7-8H,2H2,1H3/q+1. The van der Waals surface area contributed by atoms with Crippen molar-refractivity contribution in [3.63, 3.8) is 0 Å². The molecule has 0 aliphatic carbocycles. The molecule has 0 unspecified atom stereocenters. The summed E-state index contributed by atoms with van der Waals surface area (Å²) in [7, 11) is 0. The zero-order valence-electron chi connectivity index (χ0n) is 7.71. The Morgan fingerprint density at radius 1 is 1.57 bits per heavy atom. The van der Waals surface area contributed by atoms with E-state index in [4.69, 9.17) is 15.3 Å². The summed E-state index contributed by atoms with van der Waals surface area (Å²) < 4.78 is 6.54. The number of hydrogen-bond donors (Lipinski definition) is 0. The molecular formula is C9H9N4O+. The van der Waals surface area contributed by atoms with Crippen LogP contribution in [0.15, 0.2) is 18.6 Å². The third-order valence-electron chi connectivity index (χ3n) is 1.54. The summed E-state index contributed by atoms with van der Waals surface area (Å²) >= 11 is 0. The summed E-state index contributed by atoms with van der Waals surface area (Å²) in [6, 6.07) is 4.46. The average Bonchev–Trinajstić information content (AvgIpc) is 2.23. The van der Waals surface area contributed by atoms with Gasteiger partial charge in [0.15, 0.2) is 0 Å². The smallest absolute Gasteiger partial charge is 0.331 e. The first kappa shape index (κ1) is 9.94. The van der Waals surface area contributed by atoms with E-state index in [1.54, 1.807) is 12.3 Å². The molecule has 0 amide bonds. The van der Waals surface area contributed by atoms with E-state index >= 15 is 0 Å². The second-order valence-electron chi connectivity index (χ2n) is 2.44. The lowest BCUT2D eigenvalue weighted by Gasteiger charge is -1.98. The van der Waals surface area contributed by atoms with E-state index < -0.39 is 6.04 Å². The molecule has 0 bridgehead atoms. The normalized spacial score (nSPS) is 9.14. The van der Waals surface area contributed by atoms with Crippen molar-refractivity contribution >= 4 is 0 Å². The molecule has 0 radical (unpaired) electrons. The molecule has 5 heteroatoms. The molecule has 1 heterocycles. The van der Waals surface area contributed by atoms with Crippen LogP contribution in [-0.2, 0) is 0 Å². The number of nitriles is 2. The zero-order chi connectivity index (χ0) is 10.4. The van der Waals surface area contributed by atoms with Crippen molar-refractivity contribution in [2.75, 3.05) is 6.61 Å². The second kappa shape index (κ2) is 4.78. The fourth-order valence-corrected chi connectivity index (χ4v) is 0.903. The van der Waals surface area contributed by atoms with Crippen molar-refractivity contribution in [1.82, 2.24) is 4.98 Å². The van der Waals surface area contributed by atoms with Gasteiger partial charge in [-0.3, -0.25) is 0 Å². The quantitative estimate of drug-likeness (QED) is 0.643. The van der Waals surface area contributed by atoms with Crippen molar-refractivity contribution in [3.8, 4) is 18.0 Å². The lowest BCUT2D eigenvalue weighted by molar-refractivity contribution is -0.700. The van der Waals surface area contributed by atoms with E-state index in [1.165, 1.54) is 10.9 Å². The summed E-state index contributed by atoms with van der Waals surface area (Å²) in [4.78, 5) is 3.92. The van der Waals surface area contributed by atoms with E-state index in [1.807, 2.05) is 19.1 Å². The summed E-state index contributed by atoms with van der Waals surface area (Å²) in [5.74, 6) is 0.485. The fourth-order valence-electron chi connectivity index (χ4n) is 0.903. The van der Waals surface area contributed by atoms with Crippen LogP contribution < -0.4 is 9.30 Å². The molecule has 0 spiro atoms. The maximum atomic E-state index is 8.60. The lowest BCUT2D eigenvalue weighted by atomic mass is 10.3. The summed E-state index contributed by atoms with van der Waals surface area (Å²) in [6.45, 7) is 2.40. The van der Waals surface area contributed by atoms with Gasteiger partial charge in [0.2, 0.25) is 0 Å². The van der Waals surface area contributed by atoms with Gasteiger partial charge in [-0.15, -0.1) is 0 Å². The van der Waals surface area contributed by atoms with Gasteiger partial charge in [0.05, 0.1) is 12.7 Å². The predicted molar refractivity (Wildman–Crippen MR) is 45.9 cm³/mol. The van der Waals surface area contributed by atoms with Crippen molar-refractivity contribution in [2.24, 2.45) is 0 Å². The summed E-state index contributed by atoms with van der Waals surface area (Å²) in [5, 5.41) is 17.2. The molecule has 0 fully saturated rings. The third kappa shape index (κ3) is 2.18. The second-order valence-corrected chi connectivity index (χ2v) is 2.44. The number of nitrogens with zero attached hydrogens (tertiary/aromatic N) is 4. The molecule has 0 saturated carbocycles. The van der Waals surface area contributed by atoms with Gasteiger partial charge in [0.1, 0.15) is 18.3 Å². The molecule has 70 valence electrons. The van der Waals surface area contributed by atoms with Gasteiger partial charge < -0.3 is 4.74 Å². The molecule has 0 saturated heterocycles. The fraction of sp³-hybridized carbons (Fsp3) is 0.333. The first-order valence-corrected chi connectivity index (χ1v) is 4.10.